The van der Waals surface area contributed by atoms with Gasteiger partial charge in [-0.25, -0.2) is 13.1 Å². The molecule has 6 heteroatoms. The van der Waals surface area contributed by atoms with Crippen molar-refractivity contribution >= 4 is 21.4 Å². The fraction of sp³-hybridized carbons (Fsp3) is 0.667. The molecule has 0 bridgehead atoms. The Morgan fingerprint density at radius 2 is 1.94 bits per heavy atom. The Morgan fingerprint density at radius 3 is 2.44 bits per heavy atom. The molecule has 1 aromatic rings. The molecule has 1 fully saturated rings. The number of piperidine rings is 1. The average Bonchev–Trinajstić information content (AvgIpc) is 2.62. The standard InChI is InChI=1S/C12H20N2O2S2/c1-9-8-12(10(2)17-9)18(15,16)13-11-4-6-14(3)7-5-11/h8,11,13H,4-7H2,1-3H3. The van der Waals surface area contributed by atoms with E-state index in [4.69, 9.17) is 0 Å². The van der Waals surface area contributed by atoms with Gasteiger partial charge in [-0.3, -0.25) is 0 Å². The lowest BCUT2D eigenvalue weighted by Crippen LogP contribution is -2.43. The monoisotopic (exact) mass is 288 g/mol. The van der Waals surface area contributed by atoms with Crippen molar-refractivity contribution in [1.29, 1.82) is 0 Å². The van der Waals surface area contributed by atoms with Crippen molar-refractivity contribution in [1.82, 2.24) is 9.62 Å². The van der Waals surface area contributed by atoms with Crippen LogP contribution in [-0.2, 0) is 10.0 Å². The Hall–Kier alpha value is -0.430. The van der Waals surface area contributed by atoms with Crippen LogP contribution >= 0.6 is 11.3 Å². The Labute approximate surface area is 113 Å². The Bertz CT molecular complexity index is 514. The van der Waals surface area contributed by atoms with Crippen LogP contribution in [0.15, 0.2) is 11.0 Å². The number of nitrogens with zero attached hydrogens (tertiary/aromatic N) is 1. The van der Waals surface area contributed by atoms with Crippen molar-refractivity contribution < 1.29 is 8.42 Å². The molecule has 18 heavy (non-hydrogen) atoms. The Morgan fingerprint density at radius 1 is 1.33 bits per heavy atom. The summed E-state index contributed by atoms with van der Waals surface area (Å²) in [5.74, 6) is 0. The number of hydrogen-bond acceptors (Lipinski definition) is 4. The molecule has 0 radical (unpaired) electrons. The van der Waals surface area contributed by atoms with E-state index in [9.17, 15) is 8.42 Å². The molecule has 1 aliphatic heterocycles. The summed E-state index contributed by atoms with van der Waals surface area (Å²) in [7, 11) is -1.28. The molecule has 2 heterocycles. The zero-order valence-corrected chi connectivity index (χ0v) is 12.7. The van der Waals surface area contributed by atoms with Gasteiger partial charge in [-0.05, 0) is 52.9 Å². The van der Waals surface area contributed by atoms with Gasteiger partial charge < -0.3 is 4.90 Å². The summed E-state index contributed by atoms with van der Waals surface area (Å²) < 4.78 is 27.4. The molecule has 0 saturated carbocycles. The van der Waals surface area contributed by atoms with E-state index in [0.717, 1.165) is 35.7 Å². The van der Waals surface area contributed by atoms with E-state index >= 15 is 0 Å². The van der Waals surface area contributed by atoms with Crippen LogP contribution in [0.1, 0.15) is 22.6 Å². The number of rotatable bonds is 3. The van der Waals surface area contributed by atoms with E-state index in [0.29, 0.717) is 4.90 Å². The Balaban J connectivity index is 2.10. The number of sulfonamides is 1. The highest BCUT2D eigenvalue weighted by molar-refractivity contribution is 7.89. The van der Waals surface area contributed by atoms with E-state index in [1.807, 2.05) is 13.8 Å². The highest BCUT2D eigenvalue weighted by atomic mass is 32.2. The van der Waals surface area contributed by atoms with Gasteiger partial charge in [-0.2, -0.15) is 0 Å². The van der Waals surface area contributed by atoms with Gasteiger partial charge in [0.1, 0.15) is 0 Å². The highest BCUT2D eigenvalue weighted by Gasteiger charge is 2.25. The number of hydrogen-bond donors (Lipinski definition) is 1. The third-order valence-corrected chi connectivity index (χ3v) is 6.07. The first-order valence-corrected chi connectivity index (χ1v) is 8.46. The summed E-state index contributed by atoms with van der Waals surface area (Å²) in [4.78, 5) is 4.58. The second kappa shape index (κ2) is 5.28. The van der Waals surface area contributed by atoms with Gasteiger partial charge in [-0.15, -0.1) is 11.3 Å². The summed E-state index contributed by atoms with van der Waals surface area (Å²) in [6, 6.07) is 1.84. The first kappa shape index (κ1) is 14.0. The van der Waals surface area contributed by atoms with E-state index < -0.39 is 10.0 Å². The first-order valence-electron chi connectivity index (χ1n) is 6.16. The predicted molar refractivity (Wildman–Crippen MR) is 74.6 cm³/mol. The smallest absolute Gasteiger partial charge is 0.241 e. The van der Waals surface area contributed by atoms with Crippen LogP contribution in [0.2, 0.25) is 0 Å². The maximum atomic E-state index is 12.3. The summed E-state index contributed by atoms with van der Waals surface area (Å²) in [6.45, 7) is 5.71. The van der Waals surface area contributed by atoms with Crippen molar-refractivity contribution in [3.8, 4) is 0 Å². The normalized spacial score (nSPS) is 19.3. The van der Waals surface area contributed by atoms with Crippen molar-refractivity contribution in [2.24, 2.45) is 0 Å². The van der Waals surface area contributed by atoms with Crippen molar-refractivity contribution in [3.05, 3.63) is 15.8 Å². The molecule has 1 aromatic heterocycles. The maximum absolute atomic E-state index is 12.3. The number of likely N-dealkylation sites (tertiary alicyclic amines) is 1. The Kier molecular flexibility index (Phi) is 4.11. The van der Waals surface area contributed by atoms with Gasteiger partial charge in [0, 0.05) is 15.8 Å². The van der Waals surface area contributed by atoms with Gasteiger partial charge in [0.15, 0.2) is 0 Å². The van der Waals surface area contributed by atoms with Crippen LogP contribution in [0.5, 0.6) is 0 Å². The molecule has 0 aromatic carbocycles. The van der Waals surface area contributed by atoms with Crippen LogP contribution < -0.4 is 4.72 Å². The molecule has 0 aliphatic carbocycles. The molecule has 1 N–H and O–H groups in total. The number of thiophene rings is 1. The third-order valence-electron chi connectivity index (χ3n) is 3.33. The summed E-state index contributed by atoms with van der Waals surface area (Å²) in [5.41, 5.74) is 0. The molecular weight excluding hydrogens is 268 g/mol. The first-order chi connectivity index (χ1) is 8.38. The molecule has 2 rings (SSSR count). The zero-order valence-electron chi connectivity index (χ0n) is 11.1. The molecule has 1 saturated heterocycles. The predicted octanol–water partition coefficient (Wildman–Crippen LogP) is 1.74. The average molecular weight is 288 g/mol. The van der Waals surface area contributed by atoms with Crippen molar-refractivity contribution in [2.75, 3.05) is 20.1 Å². The second-order valence-corrected chi connectivity index (χ2v) is 8.12. The zero-order chi connectivity index (χ0) is 13.3. The van der Waals surface area contributed by atoms with Crippen molar-refractivity contribution in [2.45, 2.75) is 37.6 Å². The molecule has 102 valence electrons. The van der Waals surface area contributed by atoms with Crippen LogP contribution in [0, 0.1) is 13.8 Å². The van der Waals surface area contributed by atoms with Crippen molar-refractivity contribution in [3.63, 3.8) is 0 Å². The minimum Gasteiger partial charge on any atom is -0.306 e. The SMILES string of the molecule is Cc1cc(S(=O)(=O)NC2CCN(C)CC2)c(C)s1. The highest BCUT2D eigenvalue weighted by Crippen LogP contribution is 2.25. The van der Waals surface area contributed by atoms with E-state index in [1.54, 1.807) is 6.07 Å². The van der Waals surface area contributed by atoms with E-state index in [2.05, 4.69) is 16.7 Å². The fourth-order valence-corrected chi connectivity index (χ4v) is 5.14. The minimum atomic E-state index is -3.35. The molecule has 0 spiro atoms. The summed E-state index contributed by atoms with van der Waals surface area (Å²) >= 11 is 1.53. The van der Waals surface area contributed by atoms with Gasteiger partial charge in [0.25, 0.3) is 0 Å². The van der Waals surface area contributed by atoms with Gasteiger partial charge in [0.05, 0.1) is 4.90 Å². The second-order valence-electron chi connectivity index (χ2n) is 4.98. The fourth-order valence-electron chi connectivity index (χ4n) is 2.28. The summed E-state index contributed by atoms with van der Waals surface area (Å²) in [6.07, 6.45) is 1.77. The minimum absolute atomic E-state index is 0.0748. The van der Waals surface area contributed by atoms with Gasteiger partial charge in [-0.1, -0.05) is 0 Å². The van der Waals surface area contributed by atoms with Crippen LogP contribution in [0.25, 0.3) is 0 Å². The van der Waals surface area contributed by atoms with Crippen LogP contribution in [0.3, 0.4) is 0 Å². The number of aryl methyl sites for hydroxylation is 2. The van der Waals surface area contributed by atoms with E-state index in [-0.39, 0.29) is 6.04 Å². The van der Waals surface area contributed by atoms with Gasteiger partial charge >= 0.3 is 0 Å². The van der Waals surface area contributed by atoms with E-state index in [1.165, 1.54) is 11.3 Å². The molecule has 0 amide bonds. The molecule has 1 aliphatic rings. The number of nitrogens with one attached hydrogen (secondary N) is 1. The quantitative estimate of drug-likeness (QED) is 0.921. The van der Waals surface area contributed by atoms with Gasteiger partial charge in [0.2, 0.25) is 10.0 Å². The van der Waals surface area contributed by atoms with Crippen LogP contribution in [0.4, 0.5) is 0 Å². The third kappa shape index (κ3) is 3.12. The lowest BCUT2D eigenvalue weighted by atomic mass is 10.1. The largest absolute Gasteiger partial charge is 0.306 e. The molecule has 4 nitrogen and oxygen atoms in total. The van der Waals surface area contributed by atoms with Crippen LogP contribution in [-0.4, -0.2) is 39.5 Å². The lowest BCUT2D eigenvalue weighted by Gasteiger charge is -2.29. The topological polar surface area (TPSA) is 49.4 Å². The molecule has 0 atom stereocenters. The summed E-state index contributed by atoms with van der Waals surface area (Å²) in [5, 5.41) is 0. The lowest BCUT2D eigenvalue weighted by molar-refractivity contribution is 0.248. The molecular formula is C12H20N2O2S2. The molecule has 0 unspecified atom stereocenters. The maximum Gasteiger partial charge on any atom is 0.241 e.